The second kappa shape index (κ2) is 10.0. The normalized spacial score (nSPS) is 11.3. The fourth-order valence-electron chi connectivity index (χ4n) is 2.52. The number of benzene rings is 1. The summed E-state index contributed by atoms with van der Waals surface area (Å²) in [7, 11) is 0. The van der Waals surface area contributed by atoms with Gasteiger partial charge in [0.15, 0.2) is 0 Å². The third kappa shape index (κ3) is 5.53. The van der Waals surface area contributed by atoms with Gasteiger partial charge in [0.25, 0.3) is 5.69 Å². The average molecular weight is 383 g/mol. The first-order chi connectivity index (χ1) is 13.5. The molecule has 0 aliphatic heterocycles. The van der Waals surface area contributed by atoms with Crippen molar-refractivity contribution in [1.29, 1.82) is 5.26 Å². The number of hydrogen-bond donors (Lipinski definition) is 0. The first-order valence-corrected chi connectivity index (χ1v) is 8.84. The van der Waals surface area contributed by atoms with Crippen LogP contribution < -0.4 is 0 Å². The van der Waals surface area contributed by atoms with Gasteiger partial charge >= 0.3 is 5.97 Å². The number of nitriles is 1. The van der Waals surface area contributed by atoms with Gasteiger partial charge in [-0.2, -0.15) is 5.26 Å². The molecule has 0 atom stereocenters. The van der Waals surface area contributed by atoms with Crippen LogP contribution in [0.15, 0.2) is 46.4 Å². The maximum atomic E-state index is 12.1. The quantitative estimate of drug-likeness (QED) is 0.214. The second-order valence-electron chi connectivity index (χ2n) is 5.84. The Morgan fingerprint density at radius 2 is 2.07 bits per heavy atom. The Bertz CT molecular complexity index is 907. The van der Waals surface area contributed by atoms with Crippen LogP contribution in [0.3, 0.4) is 0 Å². The van der Waals surface area contributed by atoms with Crippen molar-refractivity contribution in [2.24, 2.45) is 0 Å². The number of rotatable bonds is 9. The molecular formula is C20H21N3O5. The molecule has 0 spiro atoms. The van der Waals surface area contributed by atoms with Crippen molar-refractivity contribution >= 4 is 17.7 Å². The summed E-state index contributed by atoms with van der Waals surface area (Å²) in [6, 6.07) is 11.0. The number of carbonyl (C=O) groups is 1. The van der Waals surface area contributed by atoms with E-state index in [0.29, 0.717) is 17.9 Å². The zero-order valence-corrected chi connectivity index (χ0v) is 15.8. The van der Waals surface area contributed by atoms with Gasteiger partial charge in [-0.05, 0) is 25.2 Å². The van der Waals surface area contributed by atoms with E-state index in [-0.39, 0.29) is 23.6 Å². The number of esters is 1. The monoisotopic (exact) mass is 383 g/mol. The fourth-order valence-corrected chi connectivity index (χ4v) is 2.52. The molecule has 0 amide bonds. The van der Waals surface area contributed by atoms with E-state index in [2.05, 4.69) is 4.90 Å². The molecule has 2 rings (SSSR count). The van der Waals surface area contributed by atoms with Crippen LogP contribution in [-0.4, -0.2) is 42.0 Å². The molecule has 2 aromatic rings. The Morgan fingerprint density at radius 3 is 2.71 bits per heavy atom. The molecule has 0 bridgehead atoms. The summed E-state index contributed by atoms with van der Waals surface area (Å²) < 4.78 is 10.7. The molecule has 0 aliphatic rings. The second-order valence-corrected chi connectivity index (χ2v) is 5.84. The first-order valence-electron chi connectivity index (χ1n) is 8.84. The number of non-ortho nitro benzene ring substituents is 1. The van der Waals surface area contributed by atoms with Crippen molar-refractivity contribution in [3.05, 3.63) is 57.8 Å². The number of nitro benzene ring substituents is 1. The molecule has 0 saturated carbocycles. The fraction of sp³-hybridized carbons (Fsp3) is 0.300. The molecule has 0 fully saturated rings. The molecule has 8 nitrogen and oxygen atoms in total. The number of ether oxygens (including phenoxy) is 1. The lowest BCUT2D eigenvalue weighted by atomic mass is 10.1. The summed E-state index contributed by atoms with van der Waals surface area (Å²) >= 11 is 0. The topological polar surface area (TPSA) is 110 Å². The predicted molar refractivity (Wildman–Crippen MR) is 103 cm³/mol. The van der Waals surface area contributed by atoms with Crippen LogP contribution in [0, 0.1) is 21.4 Å². The largest absolute Gasteiger partial charge is 0.460 e. The number of likely N-dealkylation sites (N-methyl/N-ethyl adjacent to an activating group) is 1. The number of carbonyl (C=O) groups excluding carboxylic acids is 1. The molecule has 0 N–H and O–H groups in total. The van der Waals surface area contributed by atoms with E-state index >= 15 is 0 Å². The molecular weight excluding hydrogens is 362 g/mol. The minimum absolute atomic E-state index is 0.0551. The zero-order chi connectivity index (χ0) is 20.5. The first kappa shape index (κ1) is 20.9. The van der Waals surface area contributed by atoms with Crippen LogP contribution >= 0.6 is 0 Å². The molecule has 0 radical (unpaired) electrons. The zero-order valence-electron chi connectivity index (χ0n) is 15.8. The van der Waals surface area contributed by atoms with Crippen LogP contribution in [0.2, 0.25) is 0 Å². The van der Waals surface area contributed by atoms with E-state index in [1.54, 1.807) is 24.3 Å². The summed E-state index contributed by atoms with van der Waals surface area (Å²) in [4.78, 5) is 24.6. The Morgan fingerprint density at radius 1 is 1.32 bits per heavy atom. The lowest BCUT2D eigenvalue weighted by Crippen LogP contribution is -2.28. The lowest BCUT2D eigenvalue weighted by Gasteiger charge is -2.17. The van der Waals surface area contributed by atoms with Crippen LogP contribution in [-0.2, 0) is 9.53 Å². The van der Waals surface area contributed by atoms with Gasteiger partial charge in [-0.25, -0.2) is 4.79 Å². The Hall–Kier alpha value is -3.44. The van der Waals surface area contributed by atoms with Crippen LogP contribution in [0.4, 0.5) is 5.69 Å². The van der Waals surface area contributed by atoms with Crippen LogP contribution in [0.1, 0.15) is 19.6 Å². The standard InChI is InChI=1S/C20H21N3O5/c1-3-22(4-2)10-11-27-20(24)16(14-21)13-18-8-9-19(28-18)15-6-5-7-17(12-15)23(25)26/h5-9,12-13H,3-4,10-11H2,1-2H3. The van der Waals surface area contributed by atoms with Gasteiger partial charge in [-0.1, -0.05) is 26.0 Å². The number of hydrogen-bond acceptors (Lipinski definition) is 7. The maximum Gasteiger partial charge on any atom is 0.349 e. The van der Waals surface area contributed by atoms with Gasteiger partial charge in [0, 0.05) is 30.3 Å². The molecule has 28 heavy (non-hydrogen) atoms. The van der Waals surface area contributed by atoms with Crippen molar-refractivity contribution in [1.82, 2.24) is 4.90 Å². The molecule has 1 aromatic heterocycles. The van der Waals surface area contributed by atoms with Crippen molar-refractivity contribution in [2.45, 2.75) is 13.8 Å². The molecule has 1 heterocycles. The van der Waals surface area contributed by atoms with E-state index < -0.39 is 10.9 Å². The Labute approximate surface area is 162 Å². The van der Waals surface area contributed by atoms with Gasteiger partial charge in [-0.3, -0.25) is 10.1 Å². The van der Waals surface area contributed by atoms with Gasteiger partial charge in [-0.15, -0.1) is 0 Å². The predicted octanol–water partition coefficient (Wildman–Crippen LogP) is 3.65. The molecule has 146 valence electrons. The van der Waals surface area contributed by atoms with Crippen LogP contribution in [0.5, 0.6) is 0 Å². The van der Waals surface area contributed by atoms with Crippen molar-refractivity contribution in [2.75, 3.05) is 26.2 Å². The summed E-state index contributed by atoms with van der Waals surface area (Å²) in [5.41, 5.74) is 0.286. The Balaban J connectivity index is 2.09. The smallest absolute Gasteiger partial charge is 0.349 e. The van der Waals surface area contributed by atoms with E-state index in [1.807, 2.05) is 19.9 Å². The summed E-state index contributed by atoms with van der Waals surface area (Å²) in [6.07, 6.45) is 1.29. The summed E-state index contributed by atoms with van der Waals surface area (Å²) in [6.45, 7) is 6.51. The average Bonchev–Trinajstić information content (AvgIpc) is 3.18. The summed E-state index contributed by atoms with van der Waals surface area (Å²) in [5.74, 6) is -0.0520. The highest BCUT2D eigenvalue weighted by Gasteiger charge is 2.14. The van der Waals surface area contributed by atoms with Gasteiger partial charge in [0.05, 0.1) is 4.92 Å². The van der Waals surface area contributed by atoms with E-state index in [0.717, 1.165) is 13.1 Å². The summed E-state index contributed by atoms with van der Waals surface area (Å²) in [5, 5.41) is 20.1. The van der Waals surface area contributed by atoms with Crippen molar-refractivity contribution in [3.8, 4) is 17.4 Å². The van der Waals surface area contributed by atoms with Gasteiger partial charge < -0.3 is 14.1 Å². The Kier molecular flexibility index (Phi) is 7.48. The molecule has 0 saturated heterocycles. The number of nitrogens with zero attached hydrogens (tertiary/aromatic N) is 3. The van der Waals surface area contributed by atoms with E-state index in [1.165, 1.54) is 18.2 Å². The third-order valence-corrected chi connectivity index (χ3v) is 4.13. The van der Waals surface area contributed by atoms with E-state index in [9.17, 15) is 20.2 Å². The SMILES string of the molecule is CCN(CC)CCOC(=O)C(C#N)=Cc1ccc(-c2cccc([N+](=O)[O-])c2)o1. The molecule has 0 unspecified atom stereocenters. The molecule has 0 aliphatic carbocycles. The van der Waals surface area contributed by atoms with Gasteiger partial charge in [0.2, 0.25) is 0 Å². The molecule has 1 aromatic carbocycles. The highest BCUT2D eigenvalue weighted by atomic mass is 16.6. The highest BCUT2D eigenvalue weighted by Crippen LogP contribution is 2.26. The number of furan rings is 1. The van der Waals surface area contributed by atoms with E-state index in [4.69, 9.17) is 9.15 Å². The minimum atomic E-state index is -0.719. The van der Waals surface area contributed by atoms with Crippen LogP contribution in [0.25, 0.3) is 17.4 Å². The van der Waals surface area contributed by atoms with Gasteiger partial charge in [0.1, 0.15) is 29.8 Å². The lowest BCUT2D eigenvalue weighted by molar-refractivity contribution is -0.384. The highest BCUT2D eigenvalue weighted by molar-refractivity contribution is 5.97. The maximum absolute atomic E-state index is 12.1. The van der Waals surface area contributed by atoms with Crippen molar-refractivity contribution in [3.63, 3.8) is 0 Å². The minimum Gasteiger partial charge on any atom is -0.460 e. The number of nitro groups is 1. The third-order valence-electron chi connectivity index (χ3n) is 4.13. The van der Waals surface area contributed by atoms with Crippen molar-refractivity contribution < 1.29 is 18.9 Å². The molecule has 8 heteroatoms.